The molecule has 0 bridgehead atoms. The van der Waals surface area contributed by atoms with Crippen molar-refractivity contribution in [1.29, 1.82) is 0 Å². The van der Waals surface area contributed by atoms with E-state index in [1.807, 2.05) is 50.2 Å². The Hall–Kier alpha value is -2.07. The minimum atomic E-state index is 0.706. The van der Waals surface area contributed by atoms with Gasteiger partial charge in [-0.3, -0.25) is 4.98 Å². The van der Waals surface area contributed by atoms with E-state index < -0.39 is 0 Å². The Morgan fingerprint density at radius 3 is 2.52 bits per heavy atom. The first kappa shape index (κ1) is 13.9. The van der Waals surface area contributed by atoms with Gasteiger partial charge in [-0.15, -0.1) is 0 Å². The molecule has 21 heavy (non-hydrogen) atoms. The van der Waals surface area contributed by atoms with Gasteiger partial charge >= 0.3 is 0 Å². The molecule has 0 aliphatic carbocycles. The number of nitrogens with two attached hydrogens (primary N) is 1. The van der Waals surface area contributed by atoms with E-state index in [0.717, 1.165) is 38.0 Å². The van der Waals surface area contributed by atoms with Crippen LogP contribution in [0, 0.1) is 13.8 Å². The summed E-state index contributed by atoms with van der Waals surface area (Å²) >= 11 is 3.46. The van der Waals surface area contributed by atoms with Crippen LogP contribution in [-0.4, -0.2) is 4.98 Å². The predicted octanol–water partition coefficient (Wildman–Crippen LogP) is 4.99. The van der Waals surface area contributed by atoms with Crippen LogP contribution in [0.3, 0.4) is 0 Å². The van der Waals surface area contributed by atoms with Crippen LogP contribution in [0.4, 0.5) is 5.69 Å². The molecule has 0 saturated carbocycles. The molecule has 0 saturated heterocycles. The second-order valence-corrected chi connectivity index (χ2v) is 5.95. The Bertz CT molecular complexity index is 830. The molecule has 0 spiro atoms. The molecular formula is C17H15BrN2O. The highest BCUT2D eigenvalue weighted by molar-refractivity contribution is 9.10. The summed E-state index contributed by atoms with van der Waals surface area (Å²) in [4.78, 5) is 4.30. The zero-order chi connectivity index (χ0) is 15.0. The summed E-state index contributed by atoms with van der Waals surface area (Å²) in [5.74, 6) is 1.62. The normalized spacial score (nSPS) is 10.8. The summed E-state index contributed by atoms with van der Waals surface area (Å²) in [6, 6.07) is 11.7. The van der Waals surface area contributed by atoms with Gasteiger partial charge in [-0.1, -0.05) is 15.9 Å². The van der Waals surface area contributed by atoms with Crippen molar-refractivity contribution in [3.05, 3.63) is 58.3 Å². The molecular weight excluding hydrogens is 328 g/mol. The average Bonchev–Trinajstić information content (AvgIpc) is 2.44. The first-order valence-electron chi connectivity index (χ1n) is 6.63. The predicted molar refractivity (Wildman–Crippen MR) is 89.8 cm³/mol. The number of anilines is 1. The highest BCUT2D eigenvalue weighted by atomic mass is 79.9. The second kappa shape index (κ2) is 5.37. The van der Waals surface area contributed by atoms with Crippen LogP contribution >= 0.6 is 15.9 Å². The molecule has 3 nitrogen and oxygen atoms in total. The van der Waals surface area contributed by atoms with Crippen LogP contribution < -0.4 is 10.5 Å². The Morgan fingerprint density at radius 1 is 1.00 bits per heavy atom. The molecule has 2 aromatic carbocycles. The minimum Gasteiger partial charge on any atom is -0.456 e. The molecule has 0 unspecified atom stereocenters. The maximum Gasteiger partial charge on any atom is 0.135 e. The van der Waals surface area contributed by atoms with Crippen molar-refractivity contribution in [1.82, 2.24) is 4.98 Å². The van der Waals surface area contributed by atoms with Gasteiger partial charge < -0.3 is 10.5 Å². The third-order valence-corrected chi connectivity index (χ3v) is 3.88. The van der Waals surface area contributed by atoms with E-state index in [9.17, 15) is 0 Å². The molecule has 0 amide bonds. The number of aryl methyl sites for hydroxylation is 2. The number of hydrogen-bond donors (Lipinski definition) is 1. The van der Waals surface area contributed by atoms with Crippen LogP contribution in [0.2, 0.25) is 0 Å². The number of halogens is 1. The second-order valence-electron chi connectivity index (χ2n) is 5.04. The van der Waals surface area contributed by atoms with Crippen molar-refractivity contribution in [2.45, 2.75) is 13.8 Å². The number of hydrogen-bond acceptors (Lipinski definition) is 3. The lowest BCUT2D eigenvalue weighted by Gasteiger charge is -2.13. The number of rotatable bonds is 2. The lowest BCUT2D eigenvalue weighted by Crippen LogP contribution is -1.93. The highest BCUT2D eigenvalue weighted by Gasteiger charge is 2.09. The van der Waals surface area contributed by atoms with Crippen molar-refractivity contribution in [2.75, 3.05) is 5.73 Å². The highest BCUT2D eigenvalue weighted by Crippen LogP contribution is 2.34. The van der Waals surface area contributed by atoms with Gasteiger partial charge in [0.2, 0.25) is 0 Å². The van der Waals surface area contributed by atoms with E-state index in [2.05, 4.69) is 20.9 Å². The van der Waals surface area contributed by atoms with Crippen molar-refractivity contribution in [3.63, 3.8) is 0 Å². The van der Waals surface area contributed by atoms with E-state index in [1.54, 1.807) is 6.20 Å². The molecule has 0 aliphatic rings. The third kappa shape index (κ3) is 2.72. The van der Waals surface area contributed by atoms with Gasteiger partial charge in [0, 0.05) is 32.8 Å². The molecule has 0 radical (unpaired) electrons. The summed E-state index contributed by atoms with van der Waals surface area (Å²) in [6.45, 7) is 3.98. The van der Waals surface area contributed by atoms with Gasteiger partial charge in [0.1, 0.15) is 11.5 Å². The number of fused-ring (bicyclic) bond motifs is 1. The molecule has 3 aromatic rings. The summed E-state index contributed by atoms with van der Waals surface area (Å²) in [5.41, 5.74) is 8.73. The van der Waals surface area contributed by atoms with E-state index in [-0.39, 0.29) is 0 Å². The SMILES string of the molecule is Cc1cc2c(Oc3ccc(Br)cc3C)ccc(N)c2cn1. The number of pyridine rings is 1. The quantitative estimate of drug-likeness (QED) is 0.667. The Morgan fingerprint density at radius 2 is 1.76 bits per heavy atom. The summed E-state index contributed by atoms with van der Waals surface area (Å²) in [6.07, 6.45) is 1.79. The van der Waals surface area contributed by atoms with Crippen LogP contribution in [0.15, 0.2) is 47.1 Å². The molecule has 0 aliphatic heterocycles. The fourth-order valence-corrected chi connectivity index (χ4v) is 2.75. The third-order valence-electron chi connectivity index (χ3n) is 3.39. The zero-order valence-corrected chi connectivity index (χ0v) is 13.4. The maximum atomic E-state index is 6.08. The average molecular weight is 343 g/mol. The van der Waals surface area contributed by atoms with E-state index in [1.165, 1.54) is 0 Å². The molecule has 0 fully saturated rings. The summed E-state index contributed by atoms with van der Waals surface area (Å²) in [7, 11) is 0. The van der Waals surface area contributed by atoms with Gasteiger partial charge in [0.25, 0.3) is 0 Å². The Labute approximate surface area is 131 Å². The molecule has 0 atom stereocenters. The number of ether oxygens (including phenoxy) is 1. The first-order valence-corrected chi connectivity index (χ1v) is 7.43. The lowest BCUT2D eigenvalue weighted by atomic mass is 10.1. The van der Waals surface area contributed by atoms with Crippen molar-refractivity contribution < 1.29 is 4.74 Å². The Balaban J connectivity index is 2.12. The van der Waals surface area contributed by atoms with Gasteiger partial charge in [0.15, 0.2) is 0 Å². The molecule has 1 aromatic heterocycles. The van der Waals surface area contributed by atoms with Gasteiger partial charge in [-0.2, -0.15) is 0 Å². The summed E-state index contributed by atoms with van der Waals surface area (Å²) in [5, 5.41) is 1.89. The Kier molecular flexibility index (Phi) is 3.55. The molecule has 1 heterocycles. The van der Waals surface area contributed by atoms with E-state index in [0.29, 0.717) is 5.69 Å². The molecule has 106 valence electrons. The fraction of sp³-hybridized carbons (Fsp3) is 0.118. The number of benzene rings is 2. The summed E-state index contributed by atoms with van der Waals surface area (Å²) < 4.78 is 7.12. The minimum absolute atomic E-state index is 0.706. The standard InChI is InChI=1S/C17H15BrN2O/c1-10-7-12(18)3-5-16(10)21-17-6-4-15(19)14-9-20-11(2)8-13(14)17/h3-9H,19H2,1-2H3. The van der Waals surface area contributed by atoms with Crippen LogP contribution in [-0.2, 0) is 0 Å². The van der Waals surface area contributed by atoms with Crippen LogP contribution in [0.25, 0.3) is 10.8 Å². The maximum absolute atomic E-state index is 6.08. The molecule has 4 heteroatoms. The van der Waals surface area contributed by atoms with Gasteiger partial charge in [-0.05, 0) is 55.8 Å². The van der Waals surface area contributed by atoms with Gasteiger partial charge in [-0.25, -0.2) is 0 Å². The topological polar surface area (TPSA) is 48.1 Å². The van der Waals surface area contributed by atoms with Crippen LogP contribution in [0.1, 0.15) is 11.3 Å². The van der Waals surface area contributed by atoms with Crippen molar-refractivity contribution >= 4 is 32.4 Å². The van der Waals surface area contributed by atoms with Crippen LogP contribution in [0.5, 0.6) is 11.5 Å². The number of aromatic nitrogens is 1. The molecule has 3 rings (SSSR count). The molecule has 2 N–H and O–H groups in total. The first-order chi connectivity index (χ1) is 10.0. The number of nitrogen functional groups attached to an aromatic ring is 1. The lowest BCUT2D eigenvalue weighted by molar-refractivity contribution is 0.484. The van der Waals surface area contributed by atoms with Crippen molar-refractivity contribution in [2.24, 2.45) is 0 Å². The van der Waals surface area contributed by atoms with Crippen molar-refractivity contribution in [3.8, 4) is 11.5 Å². The monoisotopic (exact) mass is 342 g/mol. The number of nitrogens with zero attached hydrogens (tertiary/aromatic N) is 1. The van der Waals surface area contributed by atoms with E-state index in [4.69, 9.17) is 10.5 Å². The smallest absolute Gasteiger partial charge is 0.135 e. The van der Waals surface area contributed by atoms with Gasteiger partial charge in [0.05, 0.1) is 0 Å². The fourth-order valence-electron chi connectivity index (χ4n) is 2.27. The van der Waals surface area contributed by atoms with E-state index >= 15 is 0 Å². The zero-order valence-electron chi connectivity index (χ0n) is 11.9. The largest absolute Gasteiger partial charge is 0.456 e.